The lowest BCUT2D eigenvalue weighted by molar-refractivity contribution is 0.428. The molecule has 0 aromatic heterocycles. The zero-order valence-electron chi connectivity index (χ0n) is 33.2. The van der Waals surface area contributed by atoms with E-state index in [2.05, 4.69) is 209 Å². The van der Waals surface area contributed by atoms with Gasteiger partial charge in [-0.25, -0.2) is 0 Å². The molecule has 0 fully saturated rings. The number of hydrogen-bond acceptors (Lipinski definition) is 4. The highest BCUT2D eigenvalue weighted by atomic mass is 15.2. The molecule has 274 valence electrons. The number of fused-ring (bicyclic) bond motifs is 4. The maximum Gasteiger partial charge on any atom is 0.105 e. The van der Waals surface area contributed by atoms with E-state index in [9.17, 15) is 0 Å². The van der Waals surface area contributed by atoms with Crippen molar-refractivity contribution in [1.29, 1.82) is 0 Å². The van der Waals surface area contributed by atoms with Crippen LogP contribution in [-0.2, 0) is 5.41 Å². The van der Waals surface area contributed by atoms with Crippen LogP contribution in [0.2, 0.25) is 0 Å². The van der Waals surface area contributed by atoms with Crippen molar-refractivity contribution < 1.29 is 0 Å². The Kier molecular flexibility index (Phi) is 12.6. The van der Waals surface area contributed by atoms with Crippen LogP contribution in [0.15, 0.2) is 158 Å². The first-order valence-electron chi connectivity index (χ1n) is 19.0. The van der Waals surface area contributed by atoms with Gasteiger partial charge in [-0.2, -0.15) is 0 Å². The van der Waals surface area contributed by atoms with Crippen molar-refractivity contribution in [2.24, 2.45) is 5.41 Å². The van der Waals surface area contributed by atoms with E-state index in [0.29, 0.717) is 5.41 Å². The predicted octanol–water partition coefficient (Wildman–Crippen LogP) is 12.8. The number of hydrogen-bond donors (Lipinski definition) is 3. The summed E-state index contributed by atoms with van der Waals surface area (Å²) < 4.78 is 0. The number of nitrogens with one attached hydrogen (secondary N) is 3. The van der Waals surface area contributed by atoms with Crippen molar-refractivity contribution in [2.45, 2.75) is 73.1 Å². The molecule has 2 atom stereocenters. The molecule has 5 aromatic carbocycles. The van der Waals surface area contributed by atoms with Crippen LogP contribution >= 0.6 is 0 Å². The minimum atomic E-state index is -0.146. The van der Waals surface area contributed by atoms with E-state index in [4.69, 9.17) is 0 Å². The molecule has 0 radical (unpaired) electrons. The highest BCUT2D eigenvalue weighted by molar-refractivity contribution is 5.99. The summed E-state index contributed by atoms with van der Waals surface area (Å²) in [5.74, 6) is 0. The van der Waals surface area contributed by atoms with E-state index in [1.165, 1.54) is 22.3 Å². The van der Waals surface area contributed by atoms with Gasteiger partial charge >= 0.3 is 0 Å². The average molecular weight is 703 g/mol. The van der Waals surface area contributed by atoms with Crippen LogP contribution < -0.4 is 20.9 Å². The summed E-state index contributed by atoms with van der Waals surface area (Å²) in [4.78, 5) is 2.34. The van der Waals surface area contributed by atoms with E-state index in [-0.39, 0.29) is 17.7 Å². The minimum Gasteiger partial charge on any atom is -0.366 e. The molecule has 0 saturated carbocycles. The number of anilines is 3. The topological polar surface area (TPSA) is 39.3 Å². The second-order valence-electron chi connectivity index (χ2n) is 15.5. The zero-order valence-corrected chi connectivity index (χ0v) is 33.2. The quantitative estimate of drug-likeness (QED) is 0.141. The molecule has 2 aliphatic rings. The number of nitrogens with zero attached hydrogens (tertiary/aromatic N) is 1. The second-order valence-corrected chi connectivity index (χ2v) is 15.5. The smallest absolute Gasteiger partial charge is 0.105 e. The Labute approximate surface area is 319 Å². The molecule has 5 aromatic rings. The van der Waals surface area contributed by atoms with Crippen molar-refractivity contribution in [3.63, 3.8) is 0 Å². The highest BCUT2D eigenvalue weighted by Gasteiger charge is 2.39. The molecule has 1 heterocycles. The molecule has 4 nitrogen and oxygen atoms in total. The fraction of sp³-hybridized carbons (Fsp3) is 0.265. The molecule has 0 spiro atoms. The van der Waals surface area contributed by atoms with E-state index < -0.39 is 0 Å². The molecular formula is C49H58N4. The molecule has 1 aliphatic carbocycles. The summed E-state index contributed by atoms with van der Waals surface area (Å²) in [5.41, 5.74) is 13.3. The molecular weight excluding hydrogens is 645 g/mol. The van der Waals surface area contributed by atoms with Crippen molar-refractivity contribution in [2.75, 3.05) is 17.3 Å². The first-order chi connectivity index (χ1) is 25.4. The van der Waals surface area contributed by atoms with Gasteiger partial charge in [-0.3, -0.25) is 5.32 Å². The molecule has 0 saturated heterocycles. The molecule has 0 amide bonds. The number of allylic oxidation sites excluding steroid dienone is 4. The van der Waals surface area contributed by atoms with Gasteiger partial charge in [0.05, 0.1) is 11.9 Å². The van der Waals surface area contributed by atoms with Gasteiger partial charge in [0.1, 0.15) is 6.17 Å². The van der Waals surface area contributed by atoms with Crippen LogP contribution in [-0.4, -0.2) is 7.05 Å². The van der Waals surface area contributed by atoms with Crippen molar-refractivity contribution in [3.05, 3.63) is 186 Å². The highest BCUT2D eigenvalue weighted by Crippen LogP contribution is 2.52. The lowest BCUT2D eigenvalue weighted by Gasteiger charge is -2.31. The molecule has 4 heteroatoms. The Morgan fingerprint density at radius 2 is 1.17 bits per heavy atom. The summed E-state index contributed by atoms with van der Waals surface area (Å²) in [6, 6.07) is 47.1. The van der Waals surface area contributed by atoms with Crippen LogP contribution in [0.1, 0.15) is 95.5 Å². The van der Waals surface area contributed by atoms with Gasteiger partial charge < -0.3 is 15.5 Å². The van der Waals surface area contributed by atoms with E-state index >= 15 is 0 Å². The minimum absolute atomic E-state index is 0.0916. The van der Waals surface area contributed by atoms with Crippen LogP contribution in [0.3, 0.4) is 0 Å². The van der Waals surface area contributed by atoms with Crippen LogP contribution in [0.4, 0.5) is 17.1 Å². The molecule has 7 rings (SSSR count). The fourth-order valence-electron chi connectivity index (χ4n) is 6.80. The first-order valence-corrected chi connectivity index (χ1v) is 19.0. The lowest BCUT2D eigenvalue weighted by Crippen LogP contribution is -2.38. The summed E-state index contributed by atoms with van der Waals surface area (Å²) in [7, 11) is 1.99. The van der Waals surface area contributed by atoms with Crippen LogP contribution in [0, 0.1) is 5.41 Å². The Morgan fingerprint density at radius 3 is 1.79 bits per heavy atom. The van der Waals surface area contributed by atoms with E-state index in [1.54, 1.807) is 0 Å². The average Bonchev–Trinajstić information content (AvgIpc) is 3.37. The third kappa shape index (κ3) is 9.26. The van der Waals surface area contributed by atoms with Gasteiger partial charge in [0.15, 0.2) is 0 Å². The van der Waals surface area contributed by atoms with Crippen molar-refractivity contribution in [1.82, 2.24) is 10.6 Å². The van der Waals surface area contributed by atoms with E-state index in [1.807, 2.05) is 27.0 Å². The van der Waals surface area contributed by atoms with Gasteiger partial charge in [0, 0.05) is 28.6 Å². The lowest BCUT2D eigenvalue weighted by atomic mass is 9.82. The predicted molar refractivity (Wildman–Crippen MR) is 230 cm³/mol. The third-order valence-electron chi connectivity index (χ3n) is 9.28. The van der Waals surface area contributed by atoms with Gasteiger partial charge in [-0.15, -0.1) is 0 Å². The maximum atomic E-state index is 4.54. The maximum absolute atomic E-state index is 4.54. The number of benzene rings is 5. The van der Waals surface area contributed by atoms with E-state index in [0.717, 1.165) is 39.3 Å². The molecule has 0 bridgehead atoms. The van der Waals surface area contributed by atoms with Crippen LogP contribution in [0.5, 0.6) is 0 Å². The summed E-state index contributed by atoms with van der Waals surface area (Å²) in [5, 5.41) is 11.0. The monoisotopic (exact) mass is 702 g/mol. The largest absolute Gasteiger partial charge is 0.366 e. The fourth-order valence-corrected chi connectivity index (χ4v) is 6.80. The van der Waals surface area contributed by atoms with Gasteiger partial charge in [0.25, 0.3) is 0 Å². The normalized spacial score (nSPS) is 17.2. The molecule has 2 unspecified atom stereocenters. The number of para-hydroxylation sites is 2. The standard InChI is InChI=1S/C42H40N4.C5H12.C2H6/c1-29-27-36-35-20-11-13-21-37(35)42(2,3)38(36)28-46(39-22-14-12-19-34(29)39)33-25-23-31(24-26-33)40(43-4)45-41(30-15-7-5-8-16-30)44-32-17-9-6-10-18-32;1-5(2,3)4;1-2/h5-28,40-41,43-45H,1H2,2-4H3;1-4H3;1-2H3/b36-27-,38-28+;;. The molecule has 3 N–H and O–H groups in total. The van der Waals surface area contributed by atoms with Gasteiger partial charge in [0.2, 0.25) is 0 Å². The van der Waals surface area contributed by atoms with Crippen molar-refractivity contribution >= 4 is 28.2 Å². The summed E-state index contributed by atoms with van der Waals surface area (Å²) in [6.45, 7) is 21.9. The Hall–Kier alpha value is -5.16. The zero-order chi connectivity index (χ0) is 38.2. The second kappa shape index (κ2) is 17.1. The summed E-state index contributed by atoms with van der Waals surface area (Å²) in [6.07, 6.45) is 4.42. The molecule has 53 heavy (non-hydrogen) atoms. The first kappa shape index (κ1) is 39.1. The van der Waals surface area contributed by atoms with Crippen molar-refractivity contribution in [3.8, 4) is 0 Å². The molecule has 1 aliphatic heterocycles. The summed E-state index contributed by atoms with van der Waals surface area (Å²) >= 11 is 0. The Morgan fingerprint density at radius 1 is 0.642 bits per heavy atom. The van der Waals surface area contributed by atoms with Crippen LogP contribution in [0.25, 0.3) is 11.1 Å². The Bertz CT molecular complexity index is 2010. The third-order valence-corrected chi connectivity index (χ3v) is 9.28. The number of rotatable bonds is 8. The van der Waals surface area contributed by atoms with Gasteiger partial charge in [-0.1, -0.05) is 165 Å². The Balaban J connectivity index is 0.000000715. The van der Waals surface area contributed by atoms with Gasteiger partial charge in [-0.05, 0) is 87.8 Å². The SMILES string of the molecule is C=C1/C=C2\C(=C/N(c3ccc(C(NC)NC(Nc4ccccc4)c4ccccc4)cc3)c3ccccc31)C(C)(C)c1ccccc12.CC.CC(C)(C)C.